The molecule has 0 N–H and O–H groups in total. The molecule has 0 aliphatic carbocycles. The SMILES string of the molecule is CCCCn1c(CCCl)nc2ccc(F)c(F)c21. The van der Waals surface area contributed by atoms with E-state index in [1.807, 2.05) is 0 Å². The van der Waals surface area contributed by atoms with Crippen molar-refractivity contribution in [3.05, 3.63) is 29.6 Å². The Hall–Kier alpha value is -1.16. The lowest BCUT2D eigenvalue weighted by atomic mass is 10.2. The van der Waals surface area contributed by atoms with Crippen LogP contribution < -0.4 is 0 Å². The minimum absolute atomic E-state index is 0.253. The molecule has 18 heavy (non-hydrogen) atoms. The summed E-state index contributed by atoms with van der Waals surface area (Å²) in [5.74, 6) is -0.521. The Morgan fingerprint density at radius 3 is 2.78 bits per heavy atom. The van der Waals surface area contributed by atoms with Crippen LogP contribution in [0.15, 0.2) is 12.1 Å². The van der Waals surface area contributed by atoms with Gasteiger partial charge in [-0.3, -0.25) is 0 Å². The standard InChI is InChI=1S/C13H15ClF2N2/c1-2-3-8-18-11(6-7-14)17-10-5-4-9(15)12(16)13(10)18/h4-5H,2-3,6-8H2,1H3. The first-order chi connectivity index (χ1) is 8.69. The molecule has 0 saturated carbocycles. The van der Waals surface area contributed by atoms with Gasteiger partial charge in [0.2, 0.25) is 0 Å². The number of aromatic nitrogens is 2. The molecule has 0 fully saturated rings. The van der Waals surface area contributed by atoms with Crippen molar-refractivity contribution in [1.29, 1.82) is 0 Å². The van der Waals surface area contributed by atoms with Gasteiger partial charge in [0.05, 0.1) is 5.52 Å². The summed E-state index contributed by atoms with van der Waals surface area (Å²) in [6.07, 6.45) is 2.44. The van der Waals surface area contributed by atoms with E-state index in [9.17, 15) is 8.78 Å². The zero-order valence-electron chi connectivity index (χ0n) is 10.2. The highest BCUT2D eigenvalue weighted by Crippen LogP contribution is 2.23. The van der Waals surface area contributed by atoms with E-state index in [0.717, 1.165) is 24.7 Å². The number of alkyl halides is 1. The number of fused-ring (bicyclic) bond motifs is 1. The Labute approximate surface area is 110 Å². The number of benzene rings is 1. The average Bonchev–Trinajstić information content (AvgIpc) is 2.70. The van der Waals surface area contributed by atoms with Gasteiger partial charge in [-0.25, -0.2) is 13.8 Å². The maximum Gasteiger partial charge on any atom is 0.184 e. The van der Waals surface area contributed by atoms with Gasteiger partial charge >= 0.3 is 0 Å². The van der Waals surface area contributed by atoms with E-state index in [1.54, 1.807) is 4.57 Å². The number of aryl methyl sites for hydroxylation is 2. The third kappa shape index (κ3) is 2.34. The molecule has 1 aromatic carbocycles. The lowest BCUT2D eigenvalue weighted by Gasteiger charge is -2.08. The van der Waals surface area contributed by atoms with Crippen LogP contribution in [0.1, 0.15) is 25.6 Å². The van der Waals surface area contributed by atoms with Crippen LogP contribution >= 0.6 is 11.6 Å². The second-order valence-electron chi connectivity index (χ2n) is 4.20. The average molecular weight is 273 g/mol. The molecule has 2 aromatic rings. The van der Waals surface area contributed by atoms with E-state index in [0.29, 0.717) is 24.4 Å². The van der Waals surface area contributed by atoms with Crippen molar-refractivity contribution in [2.24, 2.45) is 0 Å². The van der Waals surface area contributed by atoms with Crippen LogP contribution in [0, 0.1) is 11.6 Å². The van der Waals surface area contributed by atoms with Gasteiger partial charge in [-0.2, -0.15) is 0 Å². The van der Waals surface area contributed by atoms with E-state index in [4.69, 9.17) is 11.6 Å². The summed E-state index contributed by atoms with van der Waals surface area (Å²) in [4.78, 5) is 4.33. The predicted octanol–water partition coefficient (Wildman–Crippen LogP) is 3.90. The normalized spacial score (nSPS) is 11.3. The minimum atomic E-state index is -0.836. The maximum atomic E-state index is 13.9. The quantitative estimate of drug-likeness (QED) is 0.755. The molecule has 0 amide bonds. The van der Waals surface area contributed by atoms with Gasteiger partial charge in [0.15, 0.2) is 11.6 Å². The van der Waals surface area contributed by atoms with Crippen LogP contribution in [0.3, 0.4) is 0 Å². The Morgan fingerprint density at radius 2 is 2.11 bits per heavy atom. The van der Waals surface area contributed by atoms with Crippen molar-refractivity contribution in [3.63, 3.8) is 0 Å². The van der Waals surface area contributed by atoms with Gasteiger partial charge in [-0.1, -0.05) is 13.3 Å². The maximum absolute atomic E-state index is 13.9. The molecule has 1 heterocycles. The fourth-order valence-corrected chi connectivity index (χ4v) is 2.21. The second-order valence-corrected chi connectivity index (χ2v) is 4.58. The predicted molar refractivity (Wildman–Crippen MR) is 69.0 cm³/mol. The summed E-state index contributed by atoms with van der Waals surface area (Å²) in [6.45, 7) is 2.69. The Balaban J connectivity index is 2.58. The van der Waals surface area contributed by atoms with Gasteiger partial charge < -0.3 is 4.57 Å². The molecule has 0 radical (unpaired) electrons. The Morgan fingerprint density at radius 1 is 1.33 bits per heavy atom. The monoisotopic (exact) mass is 272 g/mol. The molecule has 0 saturated heterocycles. The van der Waals surface area contributed by atoms with Gasteiger partial charge in [-0.15, -0.1) is 11.6 Å². The number of rotatable bonds is 5. The molecule has 2 rings (SSSR count). The van der Waals surface area contributed by atoms with E-state index in [1.165, 1.54) is 6.07 Å². The smallest absolute Gasteiger partial charge is 0.184 e. The van der Waals surface area contributed by atoms with Gasteiger partial charge in [0.1, 0.15) is 11.3 Å². The molecule has 0 aliphatic heterocycles. The largest absolute Gasteiger partial charge is 0.325 e. The fourth-order valence-electron chi connectivity index (χ4n) is 2.04. The van der Waals surface area contributed by atoms with E-state index >= 15 is 0 Å². The first kappa shape index (κ1) is 13.3. The van der Waals surface area contributed by atoms with E-state index in [-0.39, 0.29) is 5.52 Å². The molecular weight excluding hydrogens is 258 g/mol. The van der Waals surface area contributed by atoms with Crippen molar-refractivity contribution in [1.82, 2.24) is 9.55 Å². The third-order valence-corrected chi connectivity index (χ3v) is 3.12. The summed E-state index contributed by atoms with van der Waals surface area (Å²) >= 11 is 5.72. The molecule has 0 aliphatic rings. The van der Waals surface area contributed by atoms with Crippen LogP contribution in [0.5, 0.6) is 0 Å². The zero-order chi connectivity index (χ0) is 13.1. The number of hydrogen-bond donors (Lipinski definition) is 0. The molecule has 1 aromatic heterocycles. The van der Waals surface area contributed by atoms with Crippen molar-refractivity contribution in [2.45, 2.75) is 32.7 Å². The number of halogens is 3. The van der Waals surface area contributed by atoms with Gasteiger partial charge in [0.25, 0.3) is 0 Å². The second kappa shape index (κ2) is 5.65. The highest BCUT2D eigenvalue weighted by atomic mass is 35.5. The van der Waals surface area contributed by atoms with Crippen molar-refractivity contribution in [3.8, 4) is 0 Å². The third-order valence-electron chi connectivity index (χ3n) is 2.93. The van der Waals surface area contributed by atoms with Crippen LogP contribution in [0.4, 0.5) is 8.78 Å². The highest BCUT2D eigenvalue weighted by Gasteiger charge is 2.16. The number of hydrogen-bond acceptors (Lipinski definition) is 1. The molecule has 2 nitrogen and oxygen atoms in total. The Kier molecular flexibility index (Phi) is 4.17. The molecule has 98 valence electrons. The summed E-state index contributed by atoms with van der Waals surface area (Å²) in [5, 5.41) is 0. The van der Waals surface area contributed by atoms with E-state index in [2.05, 4.69) is 11.9 Å². The summed E-state index contributed by atoms with van der Waals surface area (Å²) in [7, 11) is 0. The lowest BCUT2D eigenvalue weighted by molar-refractivity contribution is 0.508. The number of nitrogens with zero attached hydrogens (tertiary/aromatic N) is 2. The van der Waals surface area contributed by atoms with Crippen molar-refractivity contribution < 1.29 is 8.78 Å². The fraction of sp³-hybridized carbons (Fsp3) is 0.462. The lowest BCUT2D eigenvalue weighted by Crippen LogP contribution is -2.06. The molecule has 5 heteroatoms. The first-order valence-corrected chi connectivity index (χ1v) is 6.61. The van der Waals surface area contributed by atoms with Crippen LogP contribution in [-0.2, 0) is 13.0 Å². The summed E-state index contributed by atoms with van der Waals surface area (Å²) in [6, 6.07) is 2.62. The van der Waals surface area contributed by atoms with Gasteiger partial charge in [0, 0.05) is 18.8 Å². The van der Waals surface area contributed by atoms with Crippen LogP contribution in [-0.4, -0.2) is 15.4 Å². The Bertz CT molecular complexity index is 551. The number of imidazole rings is 1. The molecule has 0 spiro atoms. The molecule has 0 atom stereocenters. The number of unbranched alkanes of at least 4 members (excludes halogenated alkanes) is 1. The minimum Gasteiger partial charge on any atom is -0.325 e. The molecule has 0 unspecified atom stereocenters. The van der Waals surface area contributed by atoms with Gasteiger partial charge in [-0.05, 0) is 18.6 Å². The van der Waals surface area contributed by atoms with Crippen LogP contribution in [0.2, 0.25) is 0 Å². The first-order valence-electron chi connectivity index (χ1n) is 6.08. The highest BCUT2D eigenvalue weighted by molar-refractivity contribution is 6.17. The van der Waals surface area contributed by atoms with Crippen molar-refractivity contribution >= 4 is 22.6 Å². The topological polar surface area (TPSA) is 17.8 Å². The molecule has 0 bridgehead atoms. The van der Waals surface area contributed by atoms with E-state index < -0.39 is 11.6 Å². The van der Waals surface area contributed by atoms with Crippen molar-refractivity contribution in [2.75, 3.05) is 5.88 Å². The molecular formula is C13H15ClF2N2. The summed E-state index contributed by atoms with van der Waals surface area (Å²) in [5.41, 5.74) is 0.744. The van der Waals surface area contributed by atoms with Crippen LogP contribution in [0.25, 0.3) is 11.0 Å². The summed E-state index contributed by atoms with van der Waals surface area (Å²) < 4.78 is 28.9. The zero-order valence-corrected chi connectivity index (χ0v) is 11.0.